The van der Waals surface area contributed by atoms with E-state index in [0.717, 1.165) is 35.2 Å². The molecular formula is C18H17NO3. The van der Waals surface area contributed by atoms with Crippen LogP contribution in [-0.4, -0.2) is 23.5 Å². The molecule has 22 heavy (non-hydrogen) atoms. The summed E-state index contributed by atoms with van der Waals surface area (Å²) in [5, 5.41) is 10.1. The first-order valence-corrected chi connectivity index (χ1v) is 7.19. The summed E-state index contributed by atoms with van der Waals surface area (Å²) in [5.74, 6) is -0.0107. The summed E-state index contributed by atoms with van der Waals surface area (Å²) in [5.41, 5.74) is 4.99. The van der Waals surface area contributed by atoms with Gasteiger partial charge in [-0.2, -0.15) is 0 Å². The van der Waals surface area contributed by atoms with Crippen LogP contribution in [0.2, 0.25) is 0 Å². The Morgan fingerprint density at radius 1 is 1.41 bits per heavy atom. The van der Waals surface area contributed by atoms with Crippen LogP contribution >= 0.6 is 0 Å². The Hall–Kier alpha value is -2.46. The van der Waals surface area contributed by atoms with E-state index in [2.05, 4.69) is 11.1 Å². The van der Waals surface area contributed by atoms with Crippen molar-refractivity contribution in [2.75, 3.05) is 7.11 Å². The van der Waals surface area contributed by atoms with Crippen molar-refractivity contribution in [3.63, 3.8) is 0 Å². The van der Waals surface area contributed by atoms with Crippen LogP contribution in [0.5, 0.6) is 5.75 Å². The van der Waals surface area contributed by atoms with Gasteiger partial charge >= 0.3 is 0 Å². The molecule has 1 aromatic carbocycles. The molecule has 3 rings (SSSR count). The van der Waals surface area contributed by atoms with Gasteiger partial charge in [0, 0.05) is 30.1 Å². The van der Waals surface area contributed by atoms with Crippen molar-refractivity contribution in [3.05, 3.63) is 64.5 Å². The second-order valence-electron chi connectivity index (χ2n) is 5.28. The summed E-state index contributed by atoms with van der Waals surface area (Å²) in [4.78, 5) is 15.7. The standard InChI is InChI=1S/C18H17NO3/c1-22-11-14-9-12(8-13(10-20)18(14)21)15-4-2-6-17-16(15)5-3-7-19-17/h3-5,7-10,21H,2,6,11H2,1H3. The lowest BCUT2D eigenvalue weighted by Crippen LogP contribution is -2.04. The van der Waals surface area contributed by atoms with Gasteiger partial charge in [0.15, 0.2) is 6.29 Å². The molecule has 0 radical (unpaired) electrons. The van der Waals surface area contributed by atoms with E-state index in [1.807, 2.05) is 18.2 Å². The van der Waals surface area contributed by atoms with Crippen molar-refractivity contribution in [2.24, 2.45) is 0 Å². The predicted molar refractivity (Wildman–Crippen MR) is 83.8 cm³/mol. The third kappa shape index (κ3) is 2.53. The molecule has 0 spiro atoms. The van der Waals surface area contributed by atoms with Gasteiger partial charge in [0.1, 0.15) is 5.75 Å². The number of phenols is 1. The number of phenolic OH excluding ortho intramolecular Hbond substituents is 1. The lowest BCUT2D eigenvalue weighted by atomic mass is 9.88. The number of rotatable bonds is 4. The van der Waals surface area contributed by atoms with Crippen molar-refractivity contribution in [1.82, 2.24) is 4.98 Å². The summed E-state index contributed by atoms with van der Waals surface area (Å²) in [6, 6.07) is 7.54. The second kappa shape index (κ2) is 6.12. The number of hydrogen-bond donors (Lipinski definition) is 1. The first kappa shape index (κ1) is 14.5. The minimum absolute atomic E-state index is 0.0107. The monoisotopic (exact) mass is 295 g/mol. The van der Waals surface area contributed by atoms with Crippen LogP contribution in [0.1, 0.15) is 39.2 Å². The van der Waals surface area contributed by atoms with Crippen LogP contribution in [-0.2, 0) is 17.8 Å². The van der Waals surface area contributed by atoms with Crippen LogP contribution in [0.25, 0.3) is 5.57 Å². The lowest BCUT2D eigenvalue weighted by molar-refractivity contribution is 0.112. The number of aldehydes is 1. The number of fused-ring (bicyclic) bond motifs is 1. The first-order chi connectivity index (χ1) is 10.7. The first-order valence-electron chi connectivity index (χ1n) is 7.19. The van der Waals surface area contributed by atoms with Gasteiger partial charge in [-0.3, -0.25) is 9.78 Å². The number of benzene rings is 1. The number of carbonyl (C=O) groups excluding carboxylic acids is 1. The van der Waals surface area contributed by atoms with Crippen LogP contribution < -0.4 is 0 Å². The molecular weight excluding hydrogens is 278 g/mol. The van der Waals surface area contributed by atoms with Gasteiger partial charge in [-0.25, -0.2) is 0 Å². The van der Waals surface area contributed by atoms with E-state index in [0.29, 0.717) is 11.8 Å². The smallest absolute Gasteiger partial charge is 0.153 e. The van der Waals surface area contributed by atoms with Crippen LogP contribution in [0.4, 0.5) is 0 Å². The number of methoxy groups -OCH3 is 1. The molecule has 0 fully saturated rings. The number of ether oxygens (including phenoxy) is 1. The molecule has 0 bridgehead atoms. The highest BCUT2D eigenvalue weighted by molar-refractivity contribution is 5.87. The number of allylic oxidation sites excluding steroid dienone is 1. The van der Waals surface area contributed by atoms with Crippen LogP contribution in [0.3, 0.4) is 0 Å². The van der Waals surface area contributed by atoms with Crippen LogP contribution in [0.15, 0.2) is 36.5 Å². The number of aryl methyl sites for hydroxylation is 1. The maximum atomic E-state index is 11.2. The Bertz CT molecular complexity index is 750. The van der Waals surface area contributed by atoms with Gasteiger partial charge in [0.05, 0.1) is 12.2 Å². The minimum atomic E-state index is -0.0107. The highest BCUT2D eigenvalue weighted by atomic mass is 16.5. The molecule has 0 unspecified atom stereocenters. The lowest BCUT2D eigenvalue weighted by Gasteiger charge is -2.18. The number of nitrogens with zero attached hydrogens (tertiary/aromatic N) is 1. The third-order valence-corrected chi connectivity index (χ3v) is 3.87. The number of carbonyl (C=O) groups is 1. The number of pyridine rings is 1. The molecule has 1 aliphatic rings. The summed E-state index contributed by atoms with van der Waals surface area (Å²) in [6.45, 7) is 0.258. The van der Waals surface area contributed by atoms with Gasteiger partial charge in [-0.15, -0.1) is 0 Å². The SMILES string of the molecule is COCc1cc(C2=CCCc3ncccc32)cc(C=O)c1O. The molecule has 0 aliphatic heterocycles. The normalized spacial score (nSPS) is 13.4. The van der Waals surface area contributed by atoms with E-state index in [1.165, 1.54) is 0 Å². The largest absolute Gasteiger partial charge is 0.507 e. The molecule has 1 aromatic heterocycles. The number of aromatic nitrogens is 1. The van der Waals surface area contributed by atoms with E-state index in [-0.39, 0.29) is 17.9 Å². The zero-order chi connectivity index (χ0) is 15.5. The Kier molecular flexibility index (Phi) is 4.02. The fourth-order valence-electron chi connectivity index (χ4n) is 2.85. The maximum absolute atomic E-state index is 11.2. The Morgan fingerprint density at radius 2 is 2.27 bits per heavy atom. The molecule has 112 valence electrons. The second-order valence-corrected chi connectivity index (χ2v) is 5.28. The van der Waals surface area contributed by atoms with Crippen molar-refractivity contribution >= 4 is 11.9 Å². The summed E-state index contributed by atoms with van der Waals surface area (Å²) < 4.78 is 5.11. The fraction of sp³-hybridized carbons (Fsp3) is 0.222. The van der Waals surface area contributed by atoms with E-state index in [9.17, 15) is 9.90 Å². The Morgan fingerprint density at radius 3 is 3.05 bits per heavy atom. The molecule has 1 heterocycles. The minimum Gasteiger partial charge on any atom is -0.507 e. The number of aromatic hydroxyl groups is 1. The van der Waals surface area contributed by atoms with Crippen molar-refractivity contribution in [3.8, 4) is 5.75 Å². The zero-order valence-electron chi connectivity index (χ0n) is 12.4. The summed E-state index contributed by atoms with van der Waals surface area (Å²) in [7, 11) is 1.56. The third-order valence-electron chi connectivity index (χ3n) is 3.87. The van der Waals surface area contributed by atoms with Gasteiger partial charge < -0.3 is 9.84 Å². The highest BCUT2D eigenvalue weighted by Crippen LogP contribution is 2.34. The van der Waals surface area contributed by atoms with Gasteiger partial charge in [-0.1, -0.05) is 12.1 Å². The molecule has 2 aromatic rings. The molecule has 0 saturated carbocycles. The van der Waals surface area contributed by atoms with Gasteiger partial charge in [0.25, 0.3) is 0 Å². The van der Waals surface area contributed by atoms with E-state index >= 15 is 0 Å². The van der Waals surface area contributed by atoms with Gasteiger partial charge in [-0.05, 0) is 42.2 Å². The maximum Gasteiger partial charge on any atom is 0.153 e. The predicted octanol–water partition coefficient (Wildman–Crippen LogP) is 3.12. The molecule has 1 aliphatic carbocycles. The average molecular weight is 295 g/mol. The molecule has 0 saturated heterocycles. The number of hydrogen-bond acceptors (Lipinski definition) is 4. The topological polar surface area (TPSA) is 59.4 Å². The molecule has 0 amide bonds. The van der Waals surface area contributed by atoms with Crippen molar-refractivity contribution in [1.29, 1.82) is 0 Å². The molecule has 1 N–H and O–H groups in total. The van der Waals surface area contributed by atoms with Crippen LogP contribution in [0, 0.1) is 0 Å². The van der Waals surface area contributed by atoms with E-state index < -0.39 is 0 Å². The quantitative estimate of drug-likeness (QED) is 0.880. The molecule has 4 nitrogen and oxygen atoms in total. The Balaban J connectivity index is 2.14. The van der Waals surface area contributed by atoms with E-state index in [4.69, 9.17) is 4.74 Å². The van der Waals surface area contributed by atoms with Crippen molar-refractivity contribution in [2.45, 2.75) is 19.4 Å². The summed E-state index contributed by atoms with van der Waals surface area (Å²) in [6.07, 6.45) is 6.46. The van der Waals surface area contributed by atoms with Gasteiger partial charge in [0.2, 0.25) is 0 Å². The van der Waals surface area contributed by atoms with Crippen molar-refractivity contribution < 1.29 is 14.6 Å². The van der Waals surface area contributed by atoms with E-state index in [1.54, 1.807) is 19.4 Å². The Labute approximate surface area is 129 Å². The molecule has 0 atom stereocenters. The highest BCUT2D eigenvalue weighted by Gasteiger charge is 2.18. The summed E-state index contributed by atoms with van der Waals surface area (Å²) >= 11 is 0. The average Bonchev–Trinajstić information content (AvgIpc) is 2.56. The molecule has 4 heteroatoms. The zero-order valence-corrected chi connectivity index (χ0v) is 12.4. The fourth-order valence-corrected chi connectivity index (χ4v) is 2.85.